The van der Waals surface area contributed by atoms with E-state index in [1.54, 1.807) is 11.8 Å². The molecule has 0 bridgehead atoms. The lowest BCUT2D eigenvalue weighted by Crippen LogP contribution is -2.10. The van der Waals surface area contributed by atoms with Crippen LogP contribution in [0.5, 0.6) is 0 Å². The molecule has 8 heteroatoms. The van der Waals surface area contributed by atoms with Crippen molar-refractivity contribution in [2.75, 3.05) is 31.0 Å². The van der Waals surface area contributed by atoms with Gasteiger partial charge in [-0.25, -0.2) is 9.18 Å². The molecule has 21 heavy (non-hydrogen) atoms. The second-order valence-electron chi connectivity index (χ2n) is 4.22. The fourth-order valence-corrected chi connectivity index (χ4v) is 2.21. The lowest BCUT2D eigenvalue weighted by Gasteiger charge is -2.09. The number of thioether (sulfide) groups is 1. The molecule has 0 saturated carbocycles. The number of nitro benzene ring substituents is 1. The Morgan fingerprint density at radius 2 is 2.19 bits per heavy atom. The van der Waals surface area contributed by atoms with Gasteiger partial charge >= 0.3 is 5.97 Å². The highest BCUT2D eigenvalue weighted by Crippen LogP contribution is 2.28. The van der Waals surface area contributed by atoms with Crippen molar-refractivity contribution in [3.05, 3.63) is 33.6 Å². The first-order chi connectivity index (χ1) is 10.0. The lowest BCUT2D eigenvalue weighted by molar-refractivity contribution is -0.384. The van der Waals surface area contributed by atoms with Crippen molar-refractivity contribution in [1.82, 2.24) is 0 Å². The molecule has 0 atom stereocenters. The predicted molar refractivity (Wildman–Crippen MR) is 80.5 cm³/mol. The van der Waals surface area contributed by atoms with E-state index in [2.05, 4.69) is 10.1 Å². The molecule has 0 aliphatic rings. The van der Waals surface area contributed by atoms with Crippen LogP contribution >= 0.6 is 11.8 Å². The van der Waals surface area contributed by atoms with Crippen molar-refractivity contribution in [2.45, 2.75) is 12.8 Å². The summed E-state index contributed by atoms with van der Waals surface area (Å²) in [4.78, 5) is 21.7. The van der Waals surface area contributed by atoms with Crippen LogP contribution in [-0.4, -0.2) is 36.6 Å². The predicted octanol–water partition coefficient (Wildman–Crippen LogP) is 3.08. The Kier molecular flexibility index (Phi) is 6.93. The van der Waals surface area contributed by atoms with Crippen LogP contribution in [0.15, 0.2) is 12.1 Å². The third-order valence-corrected chi connectivity index (χ3v) is 3.47. The Balaban J connectivity index is 2.92. The molecule has 0 aromatic heterocycles. The zero-order chi connectivity index (χ0) is 15.8. The van der Waals surface area contributed by atoms with Gasteiger partial charge in [-0.05, 0) is 30.9 Å². The van der Waals surface area contributed by atoms with Crippen LogP contribution in [0.3, 0.4) is 0 Å². The van der Waals surface area contributed by atoms with Crippen LogP contribution in [0.2, 0.25) is 0 Å². The zero-order valence-electron chi connectivity index (χ0n) is 11.8. The summed E-state index contributed by atoms with van der Waals surface area (Å²) >= 11 is 1.72. The number of methoxy groups -OCH3 is 1. The van der Waals surface area contributed by atoms with Crippen molar-refractivity contribution in [1.29, 1.82) is 0 Å². The van der Waals surface area contributed by atoms with Gasteiger partial charge in [0.1, 0.15) is 11.5 Å². The summed E-state index contributed by atoms with van der Waals surface area (Å²) in [5.41, 5.74) is -0.606. The van der Waals surface area contributed by atoms with Gasteiger partial charge in [0.2, 0.25) is 0 Å². The van der Waals surface area contributed by atoms with E-state index in [1.165, 1.54) is 0 Å². The smallest absolute Gasteiger partial charge is 0.340 e. The Hall–Kier alpha value is -1.83. The van der Waals surface area contributed by atoms with Crippen LogP contribution in [0.1, 0.15) is 23.2 Å². The van der Waals surface area contributed by atoms with E-state index < -0.39 is 22.4 Å². The van der Waals surface area contributed by atoms with E-state index in [-0.39, 0.29) is 11.3 Å². The average molecular weight is 316 g/mol. The number of unbranched alkanes of at least 4 members (excludes halogenated alkanes) is 1. The Morgan fingerprint density at radius 3 is 2.76 bits per heavy atom. The molecule has 1 aromatic rings. The minimum Gasteiger partial charge on any atom is -0.465 e. The molecule has 0 aliphatic heterocycles. The van der Waals surface area contributed by atoms with E-state index >= 15 is 0 Å². The van der Waals surface area contributed by atoms with Gasteiger partial charge in [-0.15, -0.1) is 0 Å². The number of halogens is 1. The molecule has 0 unspecified atom stereocenters. The van der Waals surface area contributed by atoms with Crippen LogP contribution in [0.25, 0.3) is 0 Å². The van der Waals surface area contributed by atoms with Gasteiger partial charge in [-0.2, -0.15) is 11.8 Å². The summed E-state index contributed by atoms with van der Waals surface area (Å²) in [6.07, 6.45) is 3.79. The number of rotatable bonds is 8. The number of carbonyl (C=O) groups is 1. The Bertz CT molecular complexity index is 525. The molecule has 116 valence electrons. The van der Waals surface area contributed by atoms with Gasteiger partial charge in [-0.3, -0.25) is 10.1 Å². The highest BCUT2D eigenvalue weighted by molar-refractivity contribution is 7.98. The lowest BCUT2D eigenvalue weighted by atomic mass is 10.1. The Morgan fingerprint density at radius 1 is 1.48 bits per heavy atom. The molecule has 0 aliphatic carbocycles. The number of nitrogens with one attached hydrogen (secondary N) is 1. The van der Waals surface area contributed by atoms with Crippen molar-refractivity contribution >= 4 is 29.1 Å². The number of anilines is 1. The monoisotopic (exact) mass is 316 g/mol. The first kappa shape index (κ1) is 17.2. The molecule has 1 rings (SSSR count). The molecule has 1 aromatic carbocycles. The standard InChI is InChI=1S/C13H17FN2O4S/c1-20-13(17)9-7-11(15-5-3-4-6-21-2)12(16(18)19)8-10(9)14/h7-8,15H,3-6H2,1-2H3. The minimum atomic E-state index is -0.971. The normalized spacial score (nSPS) is 10.2. The molecular formula is C13H17FN2O4S. The zero-order valence-corrected chi connectivity index (χ0v) is 12.7. The number of carbonyl (C=O) groups excluding carboxylic acids is 1. The summed E-state index contributed by atoms with van der Waals surface area (Å²) in [5, 5.41) is 13.8. The molecule has 0 radical (unpaired) electrons. The van der Waals surface area contributed by atoms with E-state index in [4.69, 9.17) is 0 Å². The van der Waals surface area contributed by atoms with Crippen molar-refractivity contribution in [2.24, 2.45) is 0 Å². The second-order valence-corrected chi connectivity index (χ2v) is 5.21. The average Bonchev–Trinajstić information content (AvgIpc) is 2.47. The van der Waals surface area contributed by atoms with Gasteiger partial charge in [0.15, 0.2) is 0 Å². The summed E-state index contributed by atoms with van der Waals surface area (Å²) in [7, 11) is 1.12. The maximum atomic E-state index is 13.7. The number of ether oxygens (including phenoxy) is 1. The molecular weight excluding hydrogens is 299 g/mol. The van der Waals surface area contributed by atoms with Crippen LogP contribution in [0, 0.1) is 15.9 Å². The van der Waals surface area contributed by atoms with Gasteiger partial charge < -0.3 is 10.1 Å². The molecule has 1 N–H and O–H groups in total. The maximum absolute atomic E-state index is 13.7. The van der Waals surface area contributed by atoms with Crippen molar-refractivity contribution in [3.8, 4) is 0 Å². The Labute approximate surface area is 126 Å². The van der Waals surface area contributed by atoms with E-state index in [0.29, 0.717) is 6.54 Å². The van der Waals surface area contributed by atoms with Crippen molar-refractivity contribution in [3.63, 3.8) is 0 Å². The highest BCUT2D eigenvalue weighted by Gasteiger charge is 2.22. The van der Waals surface area contributed by atoms with Gasteiger partial charge in [0, 0.05) is 6.54 Å². The fourth-order valence-electron chi connectivity index (χ4n) is 1.72. The molecule has 0 saturated heterocycles. The maximum Gasteiger partial charge on any atom is 0.340 e. The minimum absolute atomic E-state index is 0.117. The van der Waals surface area contributed by atoms with Crippen LogP contribution in [0.4, 0.5) is 15.8 Å². The van der Waals surface area contributed by atoms with Crippen molar-refractivity contribution < 1.29 is 18.8 Å². The van der Waals surface area contributed by atoms with Crippen LogP contribution < -0.4 is 5.32 Å². The molecule has 0 heterocycles. The fraction of sp³-hybridized carbons (Fsp3) is 0.462. The third-order valence-electron chi connectivity index (χ3n) is 2.78. The molecule has 0 fully saturated rings. The summed E-state index contributed by atoms with van der Waals surface area (Å²) < 4.78 is 18.1. The van der Waals surface area contributed by atoms with Crippen LogP contribution in [-0.2, 0) is 4.74 Å². The quantitative estimate of drug-likeness (QED) is 0.343. The van der Waals surface area contributed by atoms with E-state index in [9.17, 15) is 19.3 Å². The summed E-state index contributed by atoms with van der Waals surface area (Å²) in [6.45, 7) is 0.508. The van der Waals surface area contributed by atoms with E-state index in [1.807, 2.05) is 6.26 Å². The summed E-state index contributed by atoms with van der Waals surface area (Å²) in [5.74, 6) is -0.838. The molecule has 0 spiro atoms. The largest absolute Gasteiger partial charge is 0.465 e. The number of benzene rings is 1. The third kappa shape index (κ3) is 4.89. The van der Waals surface area contributed by atoms with E-state index in [0.717, 1.165) is 37.8 Å². The topological polar surface area (TPSA) is 81.5 Å². The molecule has 6 nitrogen and oxygen atoms in total. The SMILES string of the molecule is COC(=O)c1cc(NCCCCSC)c([N+](=O)[O-])cc1F. The number of hydrogen-bond acceptors (Lipinski definition) is 6. The molecule has 0 amide bonds. The summed E-state index contributed by atoms with van der Waals surface area (Å²) in [6, 6.07) is 1.85. The second kappa shape index (κ2) is 8.46. The number of nitrogens with zero attached hydrogens (tertiary/aromatic N) is 1. The highest BCUT2D eigenvalue weighted by atomic mass is 32.2. The van der Waals surface area contributed by atoms with Gasteiger partial charge in [0.25, 0.3) is 5.69 Å². The number of nitro groups is 1. The number of hydrogen-bond donors (Lipinski definition) is 1. The first-order valence-electron chi connectivity index (χ1n) is 6.30. The van der Waals surface area contributed by atoms with Gasteiger partial charge in [0.05, 0.1) is 23.7 Å². The first-order valence-corrected chi connectivity index (χ1v) is 7.69. The van der Waals surface area contributed by atoms with Gasteiger partial charge in [-0.1, -0.05) is 0 Å². The number of esters is 1.